The van der Waals surface area contributed by atoms with Crippen molar-refractivity contribution in [3.8, 4) is 0 Å². The van der Waals surface area contributed by atoms with Crippen LogP contribution >= 0.6 is 0 Å². The van der Waals surface area contributed by atoms with Gasteiger partial charge in [0.25, 0.3) is 0 Å². The normalized spacial score (nSPS) is 20.0. The van der Waals surface area contributed by atoms with E-state index in [4.69, 9.17) is 9.47 Å². The standard InChI is InChI=1S/C23H38N2O3/c1-15(2)10-11-17-18-14-24-13-12-19(18)25(20(17)27-22(5,6)7)21(26)28-23(8,9)16(3)4/h12-17,20H,10-11H2,1-9H3. The molecule has 0 saturated heterocycles. The first kappa shape index (κ1) is 22.7. The molecule has 0 aliphatic carbocycles. The molecule has 0 N–H and O–H groups in total. The first-order valence-corrected chi connectivity index (χ1v) is 10.5. The summed E-state index contributed by atoms with van der Waals surface area (Å²) < 4.78 is 12.4. The summed E-state index contributed by atoms with van der Waals surface area (Å²) in [5, 5.41) is 0. The molecule has 2 unspecified atom stereocenters. The smallest absolute Gasteiger partial charge is 0.417 e. The van der Waals surface area contributed by atoms with Gasteiger partial charge >= 0.3 is 6.09 Å². The van der Waals surface area contributed by atoms with E-state index in [2.05, 4.69) is 32.7 Å². The zero-order chi connectivity index (χ0) is 21.3. The molecule has 0 bridgehead atoms. The number of fused-ring (bicyclic) bond motifs is 1. The number of hydrogen-bond donors (Lipinski definition) is 0. The summed E-state index contributed by atoms with van der Waals surface area (Å²) in [4.78, 5) is 19.3. The Hall–Kier alpha value is -1.62. The molecule has 2 heterocycles. The van der Waals surface area contributed by atoms with Gasteiger partial charge < -0.3 is 9.47 Å². The Balaban J connectivity index is 2.43. The van der Waals surface area contributed by atoms with Gasteiger partial charge in [-0.3, -0.25) is 9.88 Å². The fourth-order valence-electron chi connectivity index (χ4n) is 3.28. The van der Waals surface area contributed by atoms with Gasteiger partial charge in [0.05, 0.1) is 11.3 Å². The topological polar surface area (TPSA) is 51.7 Å². The van der Waals surface area contributed by atoms with Crippen molar-refractivity contribution < 1.29 is 14.3 Å². The highest BCUT2D eigenvalue weighted by Crippen LogP contribution is 2.45. The van der Waals surface area contributed by atoms with Gasteiger partial charge in [0.15, 0.2) is 0 Å². The number of pyridine rings is 1. The first-order chi connectivity index (χ1) is 12.8. The van der Waals surface area contributed by atoms with Crippen molar-refractivity contribution in [2.75, 3.05) is 4.90 Å². The molecule has 2 atom stereocenters. The van der Waals surface area contributed by atoms with E-state index in [0.717, 1.165) is 24.1 Å². The van der Waals surface area contributed by atoms with Gasteiger partial charge in [0.2, 0.25) is 0 Å². The minimum absolute atomic E-state index is 0.0834. The molecule has 0 radical (unpaired) electrons. The summed E-state index contributed by atoms with van der Waals surface area (Å²) in [7, 11) is 0. The molecule has 0 saturated carbocycles. The number of nitrogens with zero attached hydrogens (tertiary/aromatic N) is 2. The van der Waals surface area contributed by atoms with Crippen LogP contribution in [0.1, 0.15) is 86.6 Å². The molecule has 28 heavy (non-hydrogen) atoms. The molecule has 5 nitrogen and oxygen atoms in total. The van der Waals surface area contributed by atoms with Crippen LogP contribution in [0.4, 0.5) is 10.5 Å². The third kappa shape index (κ3) is 5.25. The first-order valence-electron chi connectivity index (χ1n) is 10.5. The molecule has 1 amide bonds. The average molecular weight is 391 g/mol. The van der Waals surface area contributed by atoms with Crippen molar-refractivity contribution in [2.24, 2.45) is 11.8 Å². The summed E-state index contributed by atoms with van der Waals surface area (Å²) in [6, 6.07) is 1.90. The fraction of sp³-hybridized carbons (Fsp3) is 0.739. The number of aromatic nitrogens is 1. The summed E-state index contributed by atoms with van der Waals surface area (Å²) in [6.45, 7) is 18.5. The molecule has 0 spiro atoms. The number of carbonyl (C=O) groups is 1. The van der Waals surface area contributed by atoms with E-state index in [9.17, 15) is 4.79 Å². The van der Waals surface area contributed by atoms with E-state index in [1.54, 1.807) is 11.1 Å². The second-order valence-electron chi connectivity index (χ2n) is 10.1. The summed E-state index contributed by atoms with van der Waals surface area (Å²) >= 11 is 0. The van der Waals surface area contributed by atoms with Crippen molar-refractivity contribution >= 4 is 11.8 Å². The minimum atomic E-state index is -0.563. The van der Waals surface area contributed by atoms with Gasteiger partial charge in [-0.2, -0.15) is 0 Å². The number of ether oxygens (including phenoxy) is 2. The van der Waals surface area contributed by atoms with Crippen molar-refractivity contribution in [3.05, 3.63) is 24.0 Å². The lowest BCUT2D eigenvalue weighted by Crippen LogP contribution is -2.48. The molecule has 1 aliphatic rings. The maximum atomic E-state index is 13.3. The quantitative estimate of drug-likeness (QED) is 0.586. The molecule has 2 rings (SSSR count). The number of rotatable bonds is 6. The second-order valence-corrected chi connectivity index (χ2v) is 10.1. The van der Waals surface area contributed by atoms with Gasteiger partial charge in [-0.15, -0.1) is 0 Å². The lowest BCUT2D eigenvalue weighted by molar-refractivity contribution is -0.0720. The van der Waals surface area contributed by atoms with E-state index in [1.165, 1.54) is 0 Å². The van der Waals surface area contributed by atoms with Crippen molar-refractivity contribution in [1.29, 1.82) is 0 Å². The van der Waals surface area contributed by atoms with Crippen LogP contribution < -0.4 is 4.90 Å². The molecular weight excluding hydrogens is 352 g/mol. The van der Waals surface area contributed by atoms with Crippen LogP contribution in [0.15, 0.2) is 18.5 Å². The molecule has 1 aromatic heterocycles. The molecule has 0 fully saturated rings. The monoisotopic (exact) mass is 390 g/mol. The van der Waals surface area contributed by atoms with Crippen LogP contribution in [0, 0.1) is 11.8 Å². The van der Waals surface area contributed by atoms with Crippen molar-refractivity contribution in [1.82, 2.24) is 4.98 Å². The van der Waals surface area contributed by atoms with Crippen LogP contribution in [0.2, 0.25) is 0 Å². The van der Waals surface area contributed by atoms with Crippen LogP contribution in [0.5, 0.6) is 0 Å². The Labute approximate surface area is 170 Å². The average Bonchev–Trinajstić information content (AvgIpc) is 2.83. The van der Waals surface area contributed by atoms with Crippen molar-refractivity contribution in [2.45, 2.75) is 98.5 Å². The van der Waals surface area contributed by atoms with Gasteiger partial charge in [-0.05, 0) is 58.9 Å². The number of anilines is 1. The Morgan fingerprint density at radius 2 is 1.82 bits per heavy atom. The Morgan fingerprint density at radius 3 is 2.36 bits per heavy atom. The van der Waals surface area contributed by atoms with Gasteiger partial charge in [-0.1, -0.05) is 34.1 Å². The number of amides is 1. The van der Waals surface area contributed by atoms with Gasteiger partial charge in [0, 0.05) is 23.9 Å². The maximum absolute atomic E-state index is 13.3. The van der Waals surface area contributed by atoms with E-state index in [1.807, 2.05) is 46.9 Å². The number of hydrogen-bond acceptors (Lipinski definition) is 4. The van der Waals surface area contributed by atoms with Gasteiger partial charge in [-0.25, -0.2) is 4.79 Å². The Bertz CT molecular complexity index is 677. The lowest BCUT2D eigenvalue weighted by Gasteiger charge is -2.37. The molecule has 158 valence electrons. The minimum Gasteiger partial charge on any atom is -0.443 e. The summed E-state index contributed by atoms with van der Waals surface area (Å²) in [5.74, 6) is 0.867. The third-order valence-electron chi connectivity index (χ3n) is 5.55. The SMILES string of the molecule is CC(C)CCC1c2cnccc2N(C(=O)OC(C)(C)C(C)C)C1OC(C)(C)C. The van der Waals surface area contributed by atoms with E-state index < -0.39 is 11.8 Å². The molecule has 0 aromatic carbocycles. The van der Waals surface area contributed by atoms with Crippen LogP contribution in [-0.4, -0.2) is 28.5 Å². The van der Waals surface area contributed by atoms with E-state index in [0.29, 0.717) is 5.92 Å². The highest BCUT2D eigenvalue weighted by Gasteiger charge is 2.46. The molecule has 1 aliphatic heterocycles. The predicted molar refractivity (Wildman–Crippen MR) is 114 cm³/mol. The second kappa shape index (κ2) is 8.40. The fourth-order valence-corrected chi connectivity index (χ4v) is 3.28. The largest absolute Gasteiger partial charge is 0.443 e. The summed E-state index contributed by atoms with van der Waals surface area (Å²) in [5.41, 5.74) is 0.966. The highest BCUT2D eigenvalue weighted by molar-refractivity contribution is 5.91. The van der Waals surface area contributed by atoms with Crippen LogP contribution in [0.3, 0.4) is 0 Å². The van der Waals surface area contributed by atoms with E-state index in [-0.39, 0.29) is 23.5 Å². The molecular formula is C23H38N2O3. The number of carbonyl (C=O) groups excluding carboxylic acids is 1. The van der Waals surface area contributed by atoms with Crippen molar-refractivity contribution in [3.63, 3.8) is 0 Å². The summed E-state index contributed by atoms with van der Waals surface area (Å²) in [6.07, 6.45) is 4.85. The zero-order valence-electron chi connectivity index (χ0n) is 19.1. The lowest BCUT2D eigenvalue weighted by atomic mass is 9.92. The molecule has 1 aromatic rings. The molecule has 5 heteroatoms. The third-order valence-corrected chi connectivity index (χ3v) is 5.55. The van der Waals surface area contributed by atoms with Gasteiger partial charge in [0.1, 0.15) is 11.8 Å². The van der Waals surface area contributed by atoms with Crippen LogP contribution in [0.25, 0.3) is 0 Å². The van der Waals surface area contributed by atoms with E-state index >= 15 is 0 Å². The highest BCUT2D eigenvalue weighted by atomic mass is 16.6. The predicted octanol–water partition coefficient (Wildman–Crippen LogP) is 6.13. The zero-order valence-corrected chi connectivity index (χ0v) is 19.1. The van der Waals surface area contributed by atoms with Crippen LogP contribution in [-0.2, 0) is 9.47 Å². The Morgan fingerprint density at radius 1 is 1.18 bits per heavy atom. The maximum Gasteiger partial charge on any atom is 0.417 e. The Kier molecular flexibility index (Phi) is 6.80.